The van der Waals surface area contributed by atoms with Gasteiger partial charge in [-0.3, -0.25) is 19.9 Å². The molecule has 6 heterocycles. The van der Waals surface area contributed by atoms with Crippen molar-refractivity contribution in [1.29, 1.82) is 0 Å². The molecule has 0 N–H and O–H groups in total. The second kappa shape index (κ2) is 13.4. The minimum atomic E-state index is 0.893. The first-order chi connectivity index (χ1) is 26.8. The van der Waals surface area contributed by atoms with Gasteiger partial charge >= 0.3 is 0 Å². The summed E-state index contributed by atoms with van der Waals surface area (Å²) in [4.78, 5) is 27.4. The van der Waals surface area contributed by atoms with Crippen LogP contribution in [-0.2, 0) is 6.42 Å². The molecule has 3 aromatic carbocycles. The van der Waals surface area contributed by atoms with Crippen molar-refractivity contribution in [2.24, 2.45) is 0 Å². The average Bonchev–Trinajstić information content (AvgIpc) is 3.26. The van der Waals surface area contributed by atoms with Crippen LogP contribution < -0.4 is 0 Å². The van der Waals surface area contributed by atoms with Crippen LogP contribution in [0.5, 0.6) is 0 Å². The van der Waals surface area contributed by atoms with Gasteiger partial charge in [0, 0.05) is 71.8 Å². The maximum absolute atomic E-state index is 5.15. The molecule has 0 unspecified atom stereocenters. The first-order valence-electron chi connectivity index (χ1n) is 18.1. The van der Waals surface area contributed by atoms with Crippen LogP contribution in [0.3, 0.4) is 0 Å². The lowest BCUT2D eigenvalue weighted by molar-refractivity contribution is 0.992. The normalized spacial score (nSPS) is 12.2. The van der Waals surface area contributed by atoms with Gasteiger partial charge in [-0.25, -0.2) is 9.97 Å². The van der Waals surface area contributed by atoms with E-state index in [-0.39, 0.29) is 0 Å². The summed E-state index contributed by atoms with van der Waals surface area (Å²) in [6.45, 7) is 0. The molecule has 0 saturated heterocycles. The van der Waals surface area contributed by atoms with E-state index in [1.54, 1.807) is 0 Å². The fraction of sp³-hybridized carbons (Fsp3) is 0.0417. The molecule has 10 rings (SSSR count). The molecule has 0 radical (unpaired) electrons. The molecule has 254 valence electrons. The van der Waals surface area contributed by atoms with Crippen LogP contribution >= 0.6 is 0 Å². The molecule has 1 aliphatic rings. The number of rotatable bonds is 6. The highest BCUT2D eigenvalue weighted by Crippen LogP contribution is 2.44. The second-order valence-corrected chi connectivity index (χ2v) is 13.5. The van der Waals surface area contributed by atoms with Gasteiger partial charge in [-0.15, -0.1) is 0 Å². The average molecular weight is 693 g/mol. The minimum Gasteiger partial charge on any atom is -0.265 e. The van der Waals surface area contributed by atoms with Gasteiger partial charge in [-0.05, 0) is 153 Å². The van der Waals surface area contributed by atoms with E-state index in [9.17, 15) is 0 Å². The summed E-state index contributed by atoms with van der Waals surface area (Å²) in [7, 11) is 0. The van der Waals surface area contributed by atoms with E-state index in [2.05, 4.69) is 92.8 Å². The van der Waals surface area contributed by atoms with Crippen LogP contribution in [0.2, 0.25) is 0 Å². The van der Waals surface area contributed by atoms with Crippen LogP contribution in [0, 0.1) is 0 Å². The summed E-state index contributed by atoms with van der Waals surface area (Å²) < 4.78 is 0. The van der Waals surface area contributed by atoms with Gasteiger partial charge in [0.25, 0.3) is 0 Å². The number of hydrogen-bond donors (Lipinski definition) is 0. The smallest absolute Gasteiger partial charge is 0.0716 e. The summed E-state index contributed by atoms with van der Waals surface area (Å²) in [5.74, 6) is 0. The molecule has 0 saturated carbocycles. The fourth-order valence-electron chi connectivity index (χ4n) is 7.78. The lowest BCUT2D eigenvalue weighted by atomic mass is 9.82. The van der Waals surface area contributed by atoms with Crippen LogP contribution in [0.15, 0.2) is 165 Å². The van der Waals surface area contributed by atoms with Gasteiger partial charge in [0.15, 0.2) is 0 Å². The first kappa shape index (κ1) is 31.5. The van der Waals surface area contributed by atoms with Gasteiger partial charge in [-0.1, -0.05) is 36.4 Å². The lowest BCUT2D eigenvalue weighted by Crippen LogP contribution is -2.01. The van der Waals surface area contributed by atoms with Crippen molar-refractivity contribution in [3.63, 3.8) is 0 Å². The number of aromatic nitrogens is 6. The van der Waals surface area contributed by atoms with E-state index in [1.165, 1.54) is 38.2 Å². The maximum atomic E-state index is 5.15. The summed E-state index contributed by atoms with van der Waals surface area (Å²) >= 11 is 0. The Kier molecular flexibility index (Phi) is 7.84. The molecule has 6 nitrogen and oxygen atoms in total. The topological polar surface area (TPSA) is 77.3 Å². The Bertz CT molecular complexity index is 2740. The highest BCUT2D eigenvalue weighted by molar-refractivity contribution is 6.18. The summed E-state index contributed by atoms with van der Waals surface area (Å²) in [5, 5.41) is 4.90. The van der Waals surface area contributed by atoms with E-state index in [0.717, 1.165) is 74.6 Å². The predicted octanol–water partition coefficient (Wildman–Crippen LogP) is 11.3. The largest absolute Gasteiger partial charge is 0.265 e. The quantitative estimate of drug-likeness (QED) is 0.161. The van der Waals surface area contributed by atoms with Crippen molar-refractivity contribution < 1.29 is 0 Å². The van der Waals surface area contributed by atoms with E-state index in [1.807, 2.05) is 98.1 Å². The monoisotopic (exact) mass is 692 g/mol. The molecule has 1 aliphatic carbocycles. The van der Waals surface area contributed by atoms with Crippen molar-refractivity contribution >= 4 is 27.6 Å². The maximum Gasteiger partial charge on any atom is 0.0716 e. The van der Waals surface area contributed by atoms with Crippen LogP contribution in [-0.4, -0.2) is 29.9 Å². The molecule has 0 fully saturated rings. The van der Waals surface area contributed by atoms with Crippen LogP contribution in [0.1, 0.15) is 17.5 Å². The molecule has 0 atom stereocenters. The highest BCUT2D eigenvalue weighted by atomic mass is 14.7. The third kappa shape index (κ3) is 5.71. The number of nitrogens with zero attached hydrogens (tertiary/aromatic N) is 6. The van der Waals surface area contributed by atoms with Gasteiger partial charge in [-0.2, -0.15) is 0 Å². The molecule has 0 spiro atoms. The van der Waals surface area contributed by atoms with E-state index in [0.29, 0.717) is 0 Å². The Labute approximate surface area is 312 Å². The van der Waals surface area contributed by atoms with Crippen molar-refractivity contribution in [2.45, 2.75) is 12.8 Å². The number of fused-ring (bicyclic) bond motifs is 5. The Balaban J connectivity index is 1.25. The van der Waals surface area contributed by atoms with E-state index >= 15 is 0 Å². The number of allylic oxidation sites excluding steroid dienone is 1. The Morgan fingerprint density at radius 1 is 0.407 bits per heavy atom. The zero-order valence-electron chi connectivity index (χ0n) is 29.3. The highest BCUT2D eigenvalue weighted by Gasteiger charge is 2.21. The molecule has 6 aromatic heterocycles. The van der Waals surface area contributed by atoms with Crippen LogP contribution in [0.4, 0.5) is 0 Å². The van der Waals surface area contributed by atoms with Gasteiger partial charge in [0.05, 0.1) is 22.8 Å². The molecular formula is C48H32N6. The van der Waals surface area contributed by atoms with E-state index < -0.39 is 0 Å². The molecule has 54 heavy (non-hydrogen) atoms. The van der Waals surface area contributed by atoms with Crippen molar-refractivity contribution in [3.8, 4) is 67.3 Å². The minimum absolute atomic E-state index is 0.893. The zero-order chi connectivity index (χ0) is 35.8. The molecular weight excluding hydrogens is 661 g/mol. The Morgan fingerprint density at radius 3 is 1.31 bits per heavy atom. The van der Waals surface area contributed by atoms with Gasteiger partial charge in [0.2, 0.25) is 0 Å². The fourth-order valence-corrected chi connectivity index (χ4v) is 7.78. The number of benzene rings is 3. The molecule has 0 aliphatic heterocycles. The molecule has 0 amide bonds. The zero-order valence-corrected chi connectivity index (χ0v) is 29.3. The lowest BCUT2D eigenvalue weighted by Gasteiger charge is -2.22. The Hall–Kier alpha value is -7.18. The summed E-state index contributed by atoms with van der Waals surface area (Å²) in [6, 6.07) is 38.6. The first-order valence-corrected chi connectivity index (χ1v) is 18.1. The third-order valence-corrected chi connectivity index (χ3v) is 10.3. The standard InChI is InChI=1S/C48H32N6/c1-3-7-40-38(5-1)42(35-27-44(31-9-17-49-18-10-31)53-45(28-35)32-11-19-50-20-12-32)25-37-26-43(39-6-2-4-8-41(39)48(37)40)36-29-46(33-13-21-51-22-14-33)54-47(30-36)34-15-23-52-24-16-34/h1,3-5,7-30H,2,6H2. The van der Waals surface area contributed by atoms with Crippen LogP contribution in [0.25, 0.3) is 94.9 Å². The molecule has 6 heteroatoms. The Morgan fingerprint density at radius 2 is 0.833 bits per heavy atom. The third-order valence-electron chi connectivity index (χ3n) is 10.3. The van der Waals surface area contributed by atoms with Gasteiger partial charge in [0.1, 0.15) is 0 Å². The summed E-state index contributed by atoms with van der Waals surface area (Å²) in [6.07, 6.45) is 21.2. The van der Waals surface area contributed by atoms with Gasteiger partial charge < -0.3 is 0 Å². The molecule has 0 bridgehead atoms. The summed E-state index contributed by atoms with van der Waals surface area (Å²) in [5.41, 5.74) is 14.9. The second-order valence-electron chi connectivity index (χ2n) is 13.5. The number of hydrogen-bond acceptors (Lipinski definition) is 6. The van der Waals surface area contributed by atoms with E-state index in [4.69, 9.17) is 9.97 Å². The SMILES string of the molecule is C1=Cc2c(c(-c3cc(-c4ccncc4)nc(-c4ccncc4)c3)cc3cc(-c4cc(-c5ccncc5)nc(-c5ccncc5)c4)c4ccccc4c23)CC1. The predicted molar refractivity (Wildman–Crippen MR) is 218 cm³/mol. The van der Waals surface area contributed by atoms with Crippen molar-refractivity contribution in [3.05, 3.63) is 176 Å². The number of pyridine rings is 6. The van der Waals surface area contributed by atoms with Crippen molar-refractivity contribution in [1.82, 2.24) is 29.9 Å². The molecule has 9 aromatic rings. The van der Waals surface area contributed by atoms with Crippen molar-refractivity contribution in [2.75, 3.05) is 0 Å².